The number of carboxylic acid groups (broad SMARTS) is 1. The van der Waals surface area contributed by atoms with Gasteiger partial charge in [-0.1, -0.05) is 18.2 Å². The van der Waals surface area contributed by atoms with E-state index in [-0.39, 0.29) is 10.2 Å². The number of fused-ring (bicyclic) bond motifs is 1. The van der Waals surface area contributed by atoms with Crippen LogP contribution in [0.4, 0.5) is 0 Å². The molecule has 0 saturated heterocycles. The quantitative estimate of drug-likeness (QED) is 0.862. The summed E-state index contributed by atoms with van der Waals surface area (Å²) < 4.78 is 4.96. The van der Waals surface area contributed by atoms with Crippen molar-refractivity contribution in [2.45, 2.75) is 0 Å². The van der Waals surface area contributed by atoms with Crippen LogP contribution in [0.5, 0.6) is 0 Å². The fraction of sp³-hybridized carbons (Fsp3) is 0. The Hall–Kier alpha value is -1.62. The second-order valence-electron chi connectivity index (χ2n) is 2.88. The largest absolute Gasteiger partial charge is 0.475 e. The van der Waals surface area contributed by atoms with Crippen molar-refractivity contribution in [2.24, 2.45) is 0 Å². The standard InChI is InChI=1S/C10H5BrO4/c11-7-5-3-1-2-4-6(5)10(14)15-8(7)9(12)13/h1-4H,(H,12,13). The van der Waals surface area contributed by atoms with E-state index in [0.717, 1.165) is 0 Å². The highest BCUT2D eigenvalue weighted by Gasteiger charge is 2.16. The zero-order chi connectivity index (χ0) is 11.0. The molecule has 0 saturated carbocycles. The summed E-state index contributed by atoms with van der Waals surface area (Å²) in [6.45, 7) is 0. The number of aromatic carboxylic acids is 1. The summed E-state index contributed by atoms with van der Waals surface area (Å²) >= 11 is 3.10. The van der Waals surface area contributed by atoms with Gasteiger partial charge in [-0.05, 0) is 22.0 Å². The lowest BCUT2D eigenvalue weighted by Crippen LogP contribution is -2.07. The maximum atomic E-state index is 11.4. The lowest BCUT2D eigenvalue weighted by molar-refractivity contribution is 0.0656. The van der Waals surface area contributed by atoms with Gasteiger partial charge >= 0.3 is 11.6 Å². The van der Waals surface area contributed by atoms with E-state index in [1.807, 2.05) is 0 Å². The Bertz CT molecular complexity index is 600. The van der Waals surface area contributed by atoms with Crippen LogP contribution in [0.25, 0.3) is 10.8 Å². The first-order chi connectivity index (χ1) is 7.11. The lowest BCUT2D eigenvalue weighted by Gasteiger charge is -2.01. The summed E-state index contributed by atoms with van der Waals surface area (Å²) in [5, 5.41) is 9.68. The molecule has 0 radical (unpaired) electrons. The van der Waals surface area contributed by atoms with Crippen molar-refractivity contribution in [3.63, 3.8) is 0 Å². The number of hydrogen-bond acceptors (Lipinski definition) is 3. The molecule has 1 heterocycles. The van der Waals surface area contributed by atoms with Crippen LogP contribution in [0.15, 0.2) is 37.9 Å². The van der Waals surface area contributed by atoms with Crippen LogP contribution in [-0.4, -0.2) is 11.1 Å². The second kappa shape index (κ2) is 3.51. The van der Waals surface area contributed by atoms with Gasteiger partial charge in [0.05, 0.1) is 9.86 Å². The van der Waals surface area contributed by atoms with Crippen LogP contribution in [0.1, 0.15) is 10.6 Å². The number of carbonyl (C=O) groups is 1. The maximum Gasteiger partial charge on any atom is 0.373 e. The third kappa shape index (κ3) is 1.55. The van der Waals surface area contributed by atoms with Crippen molar-refractivity contribution < 1.29 is 14.3 Å². The highest BCUT2D eigenvalue weighted by molar-refractivity contribution is 9.10. The van der Waals surface area contributed by atoms with Gasteiger partial charge in [0.15, 0.2) is 0 Å². The van der Waals surface area contributed by atoms with Gasteiger partial charge < -0.3 is 9.52 Å². The van der Waals surface area contributed by atoms with E-state index in [1.54, 1.807) is 24.3 Å². The van der Waals surface area contributed by atoms with Gasteiger partial charge in [-0.25, -0.2) is 9.59 Å². The minimum Gasteiger partial charge on any atom is -0.475 e. The van der Waals surface area contributed by atoms with E-state index in [2.05, 4.69) is 20.3 Å². The minimum atomic E-state index is -1.27. The molecule has 0 fully saturated rings. The average Bonchev–Trinajstić information content (AvgIpc) is 2.23. The van der Waals surface area contributed by atoms with Gasteiger partial charge in [-0.15, -0.1) is 0 Å². The van der Waals surface area contributed by atoms with Crippen LogP contribution in [0, 0.1) is 0 Å². The van der Waals surface area contributed by atoms with Crippen LogP contribution in [0.2, 0.25) is 0 Å². The van der Waals surface area contributed by atoms with E-state index < -0.39 is 11.6 Å². The normalized spacial score (nSPS) is 10.5. The first kappa shape index (κ1) is 9.92. The molecule has 5 heteroatoms. The molecule has 0 aliphatic rings. The van der Waals surface area contributed by atoms with Gasteiger partial charge in [0.1, 0.15) is 0 Å². The summed E-state index contributed by atoms with van der Waals surface area (Å²) in [6, 6.07) is 6.64. The SMILES string of the molecule is O=C(O)c1oc(=O)c2ccccc2c1Br. The van der Waals surface area contributed by atoms with Gasteiger partial charge in [0.25, 0.3) is 0 Å². The number of benzene rings is 1. The fourth-order valence-corrected chi connectivity index (χ4v) is 1.90. The first-order valence-corrected chi connectivity index (χ1v) is 4.85. The van der Waals surface area contributed by atoms with Crippen LogP contribution in [-0.2, 0) is 0 Å². The molecule has 0 spiro atoms. The predicted molar refractivity (Wildman–Crippen MR) is 57.1 cm³/mol. The molecular formula is C10H5BrO4. The monoisotopic (exact) mass is 268 g/mol. The second-order valence-corrected chi connectivity index (χ2v) is 3.68. The fourth-order valence-electron chi connectivity index (χ4n) is 1.30. The highest BCUT2D eigenvalue weighted by atomic mass is 79.9. The van der Waals surface area contributed by atoms with Gasteiger partial charge in [-0.2, -0.15) is 0 Å². The Balaban J connectivity index is 2.97. The molecule has 0 aliphatic carbocycles. The van der Waals surface area contributed by atoms with Crippen LogP contribution in [0.3, 0.4) is 0 Å². The molecule has 76 valence electrons. The topological polar surface area (TPSA) is 67.5 Å². The smallest absolute Gasteiger partial charge is 0.373 e. The third-order valence-corrected chi connectivity index (χ3v) is 2.76. The third-order valence-electron chi connectivity index (χ3n) is 1.97. The van der Waals surface area contributed by atoms with Gasteiger partial charge in [0.2, 0.25) is 5.76 Å². The zero-order valence-electron chi connectivity index (χ0n) is 7.36. The summed E-state index contributed by atoms with van der Waals surface area (Å²) in [7, 11) is 0. The van der Waals surface area contributed by atoms with E-state index in [4.69, 9.17) is 5.11 Å². The van der Waals surface area contributed by atoms with Crippen molar-refractivity contribution in [1.29, 1.82) is 0 Å². The van der Waals surface area contributed by atoms with Crippen molar-refractivity contribution >= 4 is 32.7 Å². The lowest BCUT2D eigenvalue weighted by atomic mass is 10.2. The molecule has 1 aromatic heterocycles. The molecule has 2 rings (SSSR count). The maximum absolute atomic E-state index is 11.4. The number of rotatable bonds is 1. The van der Waals surface area contributed by atoms with E-state index >= 15 is 0 Å². The Kier molecular flexibility index (Phi) is 2.32. The molecule has 2 aromatic rings. The van der Waals surface area contributed by atoms with Crippen LogP contribution < -0.4 is 5.63 Å². The molecule has 0 aliphatic heterocycles. The zero-order valence-corrected chi connectivity index (χ0v) is 8.95. The molecule has 0 bridgehead atoms. The van der Waals surface area contributed by atoms with E-state index in [9.17, 15) is 9.59 Å². The Morgan fingerprint density at radius 2 is 1.87 bits per heavy atom. The molecule has 1 aromatic carbocycles. The summed E-state index contributed by atoms with van der Waals surface area (Å²) in [5.41, 5.74) is -0.647. The Morgan fingerprint density at radius 3 is 2.47 bits per heavy atom. The predicted octanol–water partition coefficient (Wildman–Crippen LogP) is 2.25. The molecule has 1 N–H and O–H groups in total. The van der Waals surface area contributed by atoms with E-state index in [0.29, 0.717) is 10.8 Å². The van der Waals surface area contributed by atoms with Crippen LogP contribution >= 0.6 is 15.9 Å². The summed E-state index contributed by atoms with van der Waals surface area (Å²) in [6.07, 6.45) is 0. The number of halogens is 1. The van der Waals surface area contributed by atoms with Gasteiger partial charge in [0, 0.05) is 5.39 Å². The molecule has 4 nitrogen and oxygen atoms in total. The Labute approximate surface area is 92.3 Å². The number of carboxylic acids is 1. The molecule has 0 atom stereocenters. The summed E-state index contributed by atoms with van der Waals surface area (Å²) in [5.74, 6) is -1.65. The van der Waals surface area contributed by atoms with Crippen molar-refractivity contribution in [3.05, 3.63) is 44.9 Å². The van der Waals surface area contributed by atoms with Crippen molar-refractivity contribution in [2.75, 3.05) is 0 Å². The highest BCUT2D eigenvalue weighted by Crippen LogP contribution is 2.24. The number of hydrogen-bond donors (Lipinski definition) is 1. The molecular weight excluding hydrogens is 264 g/mol. The first-order valence-electron chi connectivity index (χ1n) is 4.06. The average molecular weight is 269 g/mol. The van der Waals surface area contributed by atoms with Crippen molar-refractivity contribution in [3.8, 4) is 0 Å². The van der Waals surface area contributed by atoms with Crippen molar-refractivity contribution in [1.82, 2.24) is 0 Å². The minimum absolute atomic E-state index is 0.283. The van der Waals surface area contributed by atoms with E-state index in [1.165, 1.54) is 0 Å². The van der Waals surface area contributed by atoms with Gasteiger partial charge in [-0.3, -0.25) is 0 Å². The molecule has 15 heavy (non-hydrogen) atoms. The molecule has 0 unspecified atom stereocenters. The summed E-state index contributed by atoms with van der Waals surface area (Å²) in [4.78, 5) is 22.2. The Morgan fingerprint density at radius 1 is 1.27 bits per heavy atom. The molecule has 0 amide bonds.